The molecule has 0 saturated carbocycles. The van der Waals surface area contributed by atoms with E-state index in [0.717, 1.165) is 3.79 Å². The van der Waals surface area contributed by atoms with Crippen LogP contribution in [0.15, 0.2) is 15.9 Å². The molecule has 1 heterocycles. The van der Waals surface area contributed by atoms with Gasteiger partial charge in [0.1, 0.15) is 0 Å². The van der Waals surface area contributed by atoms with Crippen LogP contribution in [-0.4, -0.2) is 24.5 Å². The summed E-state index contributed by atoms with van der Waals surface area (Å²) in [6.07, 6.45) is 0. The van der Waals surface area contributed by atoms with Crippen LogP contribution in [0.3, 0.4) is 0 Å². The maximum atomic E-state index is 11.4. The van der Waals surface area contributed by atoms with E-state index in [2.05, 4.69) is 21.2 Å². The van der Waals surface area contributed by atoms with Crippen molar-refractivity contribution >= 4 is 33.3 Å². The summed E-state index contributed by atoms with van der Waals surface area (Å²) in [6, 6.07) is 3.98. The lowest BCUT2D eigenvalue weighted by Crippen LogP contribution is -2.36. The Kier molecular flexibility index (Phi) is 4.41. The van der Waals surface area contributed by atoms with Gasteiger partial charge in [0, 0.05) is 18.5 Å². The summed E-state index contributed by atoms with van der Waals surface area (Å²) in [5.74, 6) is 0. The Balaban J connectivity index is 2.48. The van der Waals surface area contributed by atoms with Crippen molar-refractivity contribution in [2.24, 2.45) is 0 Å². The topological polar surface area (TPSA) is 32.3 Å². The Morgan fingerprint density at radius 1 is 1.64 bits per heavy atom. The molecule has 1 aromatic rings. The van der Waals surface area contributed by atoms with Crippen LogP contribution in [0, 0.1) is 0 Å². The van der Waals surface area contributed by atoms with Gasteiger partial charge in [-0.2, -0.15) is 0 Å². The first-order valence-electron chi connectivity index (χ1n) is 4.36. The maximum absolute atomic E-state index is 11.4. The molecule has 0 saturated heterocycles. The van der Waals surface area contributed by atoms with Gasteiger partial charge in [-0.25, -0.2) is 4.79 Å². The molecule has 14 heavy (non-hydrogen) atoms. The lowest BCUT2D eigenvalue weighted by Gasteiger charge is -2.16. The van der Waals surface area contributed by atoms with E-state index in [1.165, 1.54) is 4.88 Å². The van der Waals surface area contributed by atoms with Crippen LogP contribution < -0.4 is 5.32 Å². The van der Waals surface area contributed by atoms with Gasteiger partial charge in [-0.15, -0.1) is 11.3 Å². The zero-order valence-electron chi connectivity index (χ0n) is 8.21. The van der Waals surface area contributed by atoms with Crippen LogP contribution in [0.1, 0.15) is 11.8 Å². The predicted molar refractivity (Wildman–Crippen MR) is 62.6 cm³/mol. The van der Waals surface area contributed by atoms with E-state index in [4.69, 9.17) is 0 Å². The van der Waals surface area contributed by atoms with Gasteiger partial charge < -0.3 is 10.2 Å². The van der Waals surface area contributed by atoms with Crippen LogP contribution in [0.2, 0.25) is 0 Å². The molecule has 0 spiro atoms. The van der Waals surface area contributed by atoms with Gasteiger partial charge in [-0.3, -0.25) is 0 Å². The summed E-state index contributed by atoms with van der Waals surface area (Å²) in [5, 5.41) is 2.75. The van der Waals surface area contributed by atoms with Crippen molar-refractivity contribution < 1.29 is 4.79 Å². The maximum Gasteiger partial charge on any atom is 0.317 e. The fourth-order valence-electron chi connectivity index (χ4n) is 1.03. The summed E-state index contributed by atoms with van der Waals surface area (Å²) < 4.78 is 1.09. The van der Waals surface area contributed by atoms with E-state index in [1.807, 2.05) is 19.1 Å². The number of nitrogens with zero attached hydrogens (tertiary/aromatic N) is 1. The number of thiophene rings is 1. The molecule has 0 aliphatic heterocycles. The number of nitrogens with one attached hydrogen (secondary N) is 1. The number of hydrogen-bond acceptors (Lipinski definition) is 2. The average Bonchev–Trinajstić information content (AvgIpc) is 2.51. The van der Waals surface area contributed by atoms with Crippen molar-refractivity contribution in [3.63, 3.8) is 0 Å². The highest BCUT2D eigenvalue weighted by atomic mass is 79.9. The van der Waals surface area contributed by atoms with E-state index in [0.29, 0.717) is 13.1 Å². The Morgan fingerprint density at radius 3 is 2.86 bits per heavy atom. The minimum absolute atomic E-state index is 0.0305. The number of carbonyl (C=O) groups excluding carboxylic acids is 1. The summed E-state index contributed by atoms with van der Waals surface area (Å²) in [4.78, 5) is 14.2. The molecule has 1 aromatic heterocycles. The number of amides is 2. The van der Waals surface area contributed by atoms with Crippen LogP contribution in [0.5, 0.6) is 0 Å². The number of halogens is 1. The number of carbonyl (C=O) groups is 1. The van der Waals surface area contributed by atoms with Gasteiger partial charge in [0.15, 0.2) is 0 Å². The van der Waals surface area contributed by atoms with Crippen molar-refractivity contribution in [2.45, 2.75) is 13.5 Å². The highest BCUT2D eigenvalue weighted by Gasteiger charge is 2.08. The molecule has 0 bridgehead atoms. The minimum atomic E-state index is -0.0305. The minimum Gasteiger partial charge on any atom is -0.338 e. The molecule has 0 fully saturated rings. The Labute approximate surface area is 96.2 Å². The van der Waals surface area contributed by atoms with Crippen molar-refractivity contribution in [3.8, 4) is 0 Å². The van der Waals surface area contributed by atoms with Crippen LogP contribution in [-0.2, 0) is 6.54 Å². The monoisotopic (exact) mass is 276 g/mol. The first kappa shape index (κ1) is 11.5. The first-order valence-corrected chi connectivity index (χ1v) is 5.97. The SMILES string of the molecule is CCNC(=O)N(C)Cc1ccc(Br)s1. The second-order valence-corrected chi connectivity index (χ2v) is 5.44. The number of urea groups is 1. The molecule has 2 amide bonds. The Bertz CT molecular complexity index is 314. The molecular weight excluding hydrogens is 264 g/mol. The summed E-state index contributed by atoms with van der Waals surface area (Å²) >= 11 is 5.04. The van der Waals surface area contributed by atoms with Gasteiger partial charge >= 0.3 is 6.03 Å². The van der Waals surface area contributed by atoms with Gasteiger partial charge in [0.05, 0.1) is 10.3 Å². The van der Waals surface area contributed by atoms with Crippen LogP contribution in [0.4, 0.5) is 4.79 Å². The predicted octanol–water partition coefficient (Wildman–Crippen LogP) is 2.67. The molecule has 0 aromatic carbocycles. The molecule has 0 radical (unpaired) electrons. The van der Waals surface area contributed by atoms with Crippen molar-refractivity contribution in [1.29, 1.82) is 0 Å². The molecule has 0 unspecified atom stereocenters. The van der Waals surface area contributed by atoms with Crippen LogP contribution in [0.25, 0.3) is 0 Å². The first-order chi connectivity index (χ1) is 6.63. The fraction of sp³-hybridized carbons (Fsp3) is 0.444. The molecule has 0 aliphatic carbocycles. The molecule has 5 heteroatoms. The summed E-state index contributed by atoms with van der Waals surface area (Å²) in [5.41, 5.74) is 0. The third kappa shape index (κ3) is 3.31. The highest BCUT2D eigenvalue weighted by Crippen LogP contribution is 2.22. The molecule has 78 valence electrons. The third-order valence-corrected chi connectivity index (χ3v) is 3.30. The Hall–Kier alpha value is -0.550. The second-order valence-electron chi connectivity index (χ2n) is 2.90. The lowest BCUT2D eigenvalue weighted by atomic mass is 10.4. The van der Waals surface area contributed by atoms with Crippen molar-refractivity contribution in [3.05, 3.63) is 20.8 Å². The zero-order chi connectivity index (χ0) is 10.6. The summed E-state index contributed by atoms with van der Waals surface area (Å²) in [6.45, 7) is 3.23. The standard InChI is InChI=1S/C9H13BrN2OS/c1-3-11-9(13)12(2)6-7-4-5-8(10)14-7/h4-5H,3,6H2,1-2H3,(H,11,13). The second kappa shape index (κ2) is 5.36. The fourth-order valence-corrected chi connectivity index (χ4v) is 2.57. The molecule has 1 N–H and O–H groups in total. The third-order valence-electron chi connectivity index (χ3n) is 1.70. The van der Waals surface area contributed by atoms with E-state index in [9.17, 15) is 4.79 Å². The summed E-state index contributed by atoms with van der Waals surface area (Å²) in [7, 11) is 1.79. The molecule has 0 atom stereocenters. The van der Waals surface area contributed by atoms with Gasteiger partial charge in [0.25, 0.3) is 0 Å². The smallest absolute Gasteiger partial charge is 0.317 e. The Morgan fingerprint density at radius 2 is 2.36 bits per heavy atom. The van der Waals surface area contributed by atoms with E-state index in [-0.39, 0.29) is 6.03 Å². The van der Waals surface area contributed by atoms with Gasteiger partial charge in [-0.1, -0.05) is 0 Å². The zero-order valence-corrected chi connectivity index (χ0v) is 10.6. The quantitative estimate of drug-likeness (QED) is 0.905. The van der Waals surface area contributed by atoms with Crippen molar-refractivity contribution in [1.82, 2.24) is 10.2 Å². The molecular formula is C9H13BrN2OS. The molecule has 3 nitrogen and oxygen atoms in total. The molecule has 0 aliphatic rings. The average molecular weight is 277 g/mol. The highest BCUT2D eigenvalue weighted by molar-refractivity contribution is 9.11. The number of rotatable bonds is 3. The van der Waals surface area contributed by atoms with Gasteiger partial charge in [-0.05, 0) is 35.0 Å². The van der Waals surface area contributed by atoms with Gasteiger partial charge in [0.2, 0.25) is 0 Å². The number of hydrogen-bond donors (Lipinski definition) is 1. The van der Waals surface area contributed by atoms with E-state index < -0.39 is 0 Å². The van der Waals surface area contributed by atoms with Crippen molar-refractivity contribution in [2.75, 3.05) is 13.6 Å². The van der Waals surface area contributed by atoms with E-state index in [1.54, 1.807) is 23.3 Å². The lowest BCUT2D eigenvalue weighted by molar-refractivity contribution is 0.208. The normalized spacial score (nSPS) is 9.93. The van der Waals surface area contributed by atoms with E-state index >= 15 is 0 Å². The van der Waals surface area contributed by atoms with Crippen LogP contribution >= 0.6 is 27.3 Å². The molecule has 1 rings (SSSR count). The largest absolute Gasteiger partial charge is 0.338 e.